The smallest absolute Gasteiger partial charge is 0.238 e. The third kappa shape index (κ3) is 5.67. The molecule has 1 aromatic rings. The molecule has 6 heteroatoms. The molecule has 2 atom stereocenters. The number of hydrogen-bond donors (Lipinski definition) is 1. The number of nitrogens with one attached hydrogen (secondary N) is 1. The fourth-order valence-corrected chi connectivity index (χ4v) is 2.41. The van der Waals surface area contributed by atoms with Crippen molar-refractivity contribution < 1.29 is 13.2 Å². The van der Waals surface area contributed by atoms with Crippen LogP contribution in [0.5, 0.6) is 0 Å². The summed E-state index contributed by atoms with van der Waals surface area (Å²) in [5.41, 5.74) is 1.05. The van der Waals surface area contributed by atoms with Gasteiger partial charge in [0.15, 0.2) is 9.84 Å². The zero-order valence-corrected chi connectivity index (χ0v) is 14.3. The molecule has 0 bridgehead atoms. The Bertz CT molecular complexity index is 581. The van der Waals surface area contributed by atoms with E-state index in [0.717, 1.165) is 11.8 Å². The van der Waals surface area contributed by atoms with E-state index in [1.54, 1.807) is 12.1 Å². The van der Waals surface area contributed by atoms with Crippen molar-refractivity contribution in [3.63, 3.8) is 0 Å². The van der Waals surface area contributed by atoms with Crippen LogP contribution in [0.4, 0.5) is 0 Å². The number of sulfone groups is 1. The maximum absolute atomic E-state index is 12.0. The lowest BCUT2D eigenvalue weighted by Crippen LogP contribution is -2.46. The SMILES string of the molecule is CC(C)C(Cc1ccc(Cl)cc1)NC(=O)C(C)S(C)(=O)=O. The lowest BCUT2D eigenvalue weighted by Gasteiger charge is -2.24. The standard InChI is InChI=1S/C15H22ClNO3S/c1-10(2)14(9-12-5-7-13(16)8-6-12)17-15(18)11(3)21(4,19)20/h5-8,10-11,14H,9H2,1-4H3,(H,17,18). The number of carbonyl (C=O) groups is 1. The summed E-state index contributed by atoms with van der Waals surface area (Å²) < 4.78 is 22.9. The van der Waals surface area contributed by atoms with Gasteiger partial charge in [-0.2, -0.15) is 0 Å². The van der Waals surface area contributed by atoms with E-state index in [1.807, 2.05) is 26.0 Å². The van der Waals surface area contributed by atoms with E-state index in [2.05, 4.69) is 5.32 Å². The summed E-state index contributed by atoms with van der Waals surface area (Å²) in [7, 11) is -3.38. The van der Waals surface area contributed by atoms with E-state index in [0.29, 0.717) is 11.4 Å². The molecular formula is C15H22ClNO3S. The van der Waals surface area contributed by atoms with Gasteiger partial charge in [0.05, 0.1) is 0 Å². The molecule has 0 fully saturated rings. The van der Waals surface area contributed by atoms with Gasteiger partial charge in [-0.25, -0.2) is 8.42 Å². The van der Waals surface area contributed by atoms with Crippen molar-refractivity contribution in [1.29, 1.82) is 0 Å². The van der Waals surface area contributed by atoms with E-state index in [1.165, 1.54) is 6.92 Å². The average molecular weight is 332 g/mol. The van der Waals surface area contributed by atoms with Gasteiger partial charge in [0, 0.05) is 17.3 Å². The molecule has 4 nitrogen and oxygen atoms in total. The lowest BCUT2D eigenvalue weighted by molar-refractivity contribution is -0.121. The minimum Gasteiger partial charge on any atom is -0.352 e. The topological polar surface area (TPSA) is 63.2 Å². The molecule has 0 radical (unpaired) electrons. The van der Waals surface area contributed by atoms with Crippen LogP contribution in [-0.2, 0) is 21.1 Å². The molecule has 0 saturated heterocycles. The summed E-state index contributed by atoms with van der Waals surface area (Å²) >= 11 is 5.85. The highest BCUT2D eigenvalue weighted by Gasteiger charge is 2.26. The number of benzene rings is 1. The molecule has 0 saturated carbocycles. The Morgan fingerprint density at radius 2 is 1.71 bits per heavy atom. The Hall–Kier alpha value is -1.07. The number of carbonyl (C=O) groups excluding carboxylic acids is 1. The fraction of sp³-hybridized carbons (Fsp3) is 0.533. The van der Waals surface area contributed by atoms with E-state index in [9.17, 15) is 13.2 Å². The highest BCUT2D eigenvalue weighted by molar-refractivity contribution is 7.92. The van der Waals surface area contributed by atoms with Gasteiger partial charge in [0.2, 0.25) is 5.91 Å². The predicted molar refractivity (Wildman–Crippen MR) is 86.2 cm³/mol. The van der Waals surface area contributed by atoms with Crippen LogP contribution in [0.2, 0.25) is 5.02 Å². The van der Waals surface area contributed by atoms with Crippen molar-refractivity contribution in [2.45, 2.75) is 38.5 Å². The van der Waals surface area contributed by atoms with Crippen LogP contribution in [-0.4, -0.2) is 31.9 Å². The molecule has 0 aromatic heterocycles. The van der Waals surface area contributed by atoms with Crippen molar-refractivity contribution >= 4 is 27.3 Å². The quantitative estimate of drug-likeness (QED) is 0.871. The zero-order valence-electron chi connectivity index (χ0n) is 12.8. The Kier molecular flexibility index (Phi) is 6.23. The summed E-state index contributed by atoms with van der Waals surface area (Å²) in [6.07, 6.45) is 1.71. The van der Waals surface area contributed by atoms with Gasteiger partial charge < -0.3 is 5.32 Å². The minimum atomic E-state index is -3.38. The number of hydrogen-bond acceptors (Lipinski definition) is 3. The highest BCUT2D eigenvalue weighted by Crippen LogP contribution is 2.14. The zero-order chi connectivity index (χ0) is 16.2. The second kappa shape index (κ2) is 7.27. The molecule has 21 heavy (non-hydrogen) atoms. The van der Waals surface area contributed by atoms with E-state index in [4.69, 9.17) is 11.6 Å². The molecule has 1 aromatic carbocycles. The third-order valence-corrected chi connectivity index (χ3v) is 5.26. The first kappa shape index (κ1) is 18.0. The average Bonchev–Trinajstić information content (AvgIpc) is 2.38. The molecule has 0 aliphatic heterocycles. The first-order valence-electron chi connectivity index (χ1n) is 6.85. The van der Waals surface area contributed by atoms with Gasteiger partial charge in [-0.05, 0) is 37.0 Å². The van der Waals surface area contributed by atoms with Crippen LogP contribution >= 0.6 is 11.6 Å². The monoisotopic (exact) mass is 331 g/mol. The molecule has 1 N–H and O–H groups in total. The molecular weight excluding hydrogens is 310 g/mol. The van der Waals surface area contributed by atoms with Gasteiger partial charge in [-0.1, -0.05) is 37.6 Å². The summed E-state index contributed by atoms with van der Waals surface area (Å²) in [5, 5.41) is 2.46. The van der Waals surface area contributed by atoms with Gasteiger partial charge in [-0.15, -0.1) is 0 Å². The molecule has 2 unspecified atom stereocenters. The van der Waals surface area contributed by atoms with Crippen molar-refractivity contribution in [3.8, 4) is 0 Å². The van der Waals surface area contributed by atoms with Crippen LogP contribution in [0.25, 0.3) is 0 Å². The van der Waals surface area contributed by atoms with Gasteiger partial charge >= 0.3 is 0 Å². The van der Waals surface area contributed by atoms with Crippen LogP contribution in [0.15, 0.2) is 24.3 Å². The first-order chi connectivity index (χ1) is 9.61. The minimum absolute atomic E-state index is 0.122. The van der Waals surface area contributed by atoms with E-state index >= 15 is 0 Å². The van der Waals surface area contributed by atoms with E-state index < -0.39 is 21.0 Å². The molecule has 1 amide bonds. The van der Waals surface area contributed by atoms with Gasteiger partial charge in [-0.3, -0.25) is 4.79 Å². The highest BCUT2D eigenvalue weighted by atomic mass is 35.5. The Morgan fingerprint density at radius 1 is 1.19 bits per heavy atom. The second-order valence-electron chi connectivity index (χ2n) is 5.66. The van der Waals surface area contributed by atoms with Crippen LogP contribution in [0.1, 0.15) is 26.3 Å². The molecule has 0 spiro atoms. The molecule has 0 heterocycles. The molecule has 0 aliphatic carbocycles. The Labute approximate surface area is 131 Å². The number of halogens is 1. The summed E-state index contributed by atoms with van der Waals surface area (Å²) in [5.74, 6) is -0.262. The van der Waals surface area contributed by atoms with Crippen molar-refractivity contribution in [3.05, 3.63) is 34.9 Å². The van der Waals surface area contributed by atoms with Crippen LogP contribution < -0.4 is 5.32 Å². The third-order valence-electron chi connectivity index (χ3n) is 3.51. The maximum Gasteiger partial charge on any atom is 0.238 e. The van der Waals surface area contributed by atoms with Gasteiger partial charge in [0.25, 0.3) is 0 Å². The lowest BCUT2D eigenvalue weighted by atomic mass is 9.96. The van der Waals surface area contributed by atoms with Crippen LogP contribution in [0.3, 0.4) is 0 Å². The summed E-state index contributed by atoms with van der Waals surface area (Å²) in [6.45, 7) is 5.39. The Balaban J connectivity index is 2.79. The molecule has 0 aliphatic rings. The molecule has 1 rings (SSSR count). The summed E-state index contributed by atoms with van der Waals surface area (Å²) in [4.78, 5) is 12.0. The fourth-order valence-electron chi connectivity index (χ4n) is 1.82. The number of rotatable bonds is 6. The maximum atomic E-state index is 12.0. The predicted octanol–water partition coefficient (Wildman–Crippen LogP) is 2.46. The molecule has 118 valence electrons. The van der Waals surface area contributed by atoms with Crippen molar-refractivity contribution in [2.75, 3.05) is 6.26 Å². The van der Waals surface area contributed by atoms with Crippen molar-refractivity contribution in [1.82, 2.24) is 5.32 Å². The normalized spacial score (nSPS) is 14.8. The number of amides is 1. The van der Waals surface area contributed by atoms with E-state index in [-0.39, 0.29) is 12.0 Å². The largest absolute Gasteiger partial charge is 0.352 e. The Morgan fingerprint density at radius 3 is 2.14 bits per heavy atom. The second-order valence-corrected chi connectivity index (χ2v) is 8.46. The van der Waals surface area contributed by atoms with Crippen LogP contribution in [0, 0.1) is 5.92 Å². The van der Waals surface area contributed by atoms with Gasteiger partial charge in [0.1, 0.15) is 5.25 Å². The first-order valence-corrected chi connectivity index (χ1v) is 9.18. The van der Waals surface area contributed by atoms with Crippen molar-refractivity contribution in [2.24, 2.45) is 5.92 Å². The summed E-state index contributed by atoms with van der Waals surface area (Å²) in [6, 6.07) is 7.29.